The third-order valence-corrected chi connectivity index (χ3v) is 11.8. The predicted octanol–water partition coefficient (Wildman–Crippen LogP) is 7.24. The van der Waals surface area contributed by atoms with Gasteiger partial charge in [-0.3, -0.25) is 9.59 Å². The molecule has 5 rings (SSSR count). The lowest BCUT2D eigenvalue weighted by molar-refractivity contribution is -0.143. The molecule has 0 bridgehead atoms. The summed E-state index contributed by atoms with van der Waals surface area (Å²) in [6.45, 7) is 9.66. The third-order valence-electron chi connectivity index (χ3n) is 11.8. The maximum absolute atomic E-state index is 12.5. The van der Waals surface area contributed by atoms with Crippen molar-refractivity contribution in [2.75, 3.05) is 13.2 Å². The van der Waals surface area contributed by atoms with Gasteiger partial charge in [0.25, 0.3) is 0 Å². The summed E-state index contributed by atoms with van der Waals surface area (Å²) in [6.07, 6.45) is 13.5. The van der Waals surface area contributed by atoms with E-state index in [2.05, 4.69) is 32.9 Å². The Morgan fingerprint density at radius 3 is 2.52 bits per heavy atom. The lowest BCUT2D eigenvalue weighted by Crippen LogP contribution is -2.56. The van der Waals surface area contributed by atoms with Crippen LogP contribution in [0.2, 0.25) is 0 Å². The SMILES string of the molecule is CCOC(=O)CCCOc1ccc(CCCC2CC3=CC(=O)CC[C@]3(C)[C@@H]3CC[C@@]4(C)[C@@H](CCC4(C)O)[C@H]23)cc1. The minimum absolute atomic E-state index is 0.000620. The van der Waals surface area contributed by atoms with Crippen molar-refractivity contribution in [2.24, 2.45) is 34.5 Å². The lowest BCUT2D eigenvalue weighted by atomic mass is 9.44. The lowest BCUT2D eigenvalue weighted by Gasteiger charge is -2.61. The van der Waals surface area contributed by atoms with Gasteiger partial charge in [-0.2, -0.15) is 0 Å². The molecule has 3 fully saturated rings. The minimum atomic E-state index is -0.574. The van der Waals surface area contributed by atoms with Gasteiger partial charge in [0.15, 0.2) is 5.78 Å². The summed E-state index contributed by atoms with van der Waals surface area (Å²) in [5.74, 6) is 3.39. The van der Waals surface area contributed by atoms with Crippen LogP contribution in [0.4, 0.5) is 0 Å². The standard InChI is InChI=1S/C35H50O5/c1-5-39-31(37)10-7-21-40-28-13-11-24(12-14-28)8-6-9-25-22-26-23-27(36)15-18-33(26,2)29-16-19-34(3)30(32(25)29)17-20-35(34,4)38/h11-14,23,25,29-30,32,38H,5-10,15-22H2,1-4H3/t25?,29-,30+,32-,33+,34+,35?/m1/s1. The monoisotopic (exact) mass is 550 g/mol. The first-order valence-corrected chi connectivity index (χ1v) is 15.9. The number of benzene rings is 1. The topological polar surface area (TPSA) is 72.8 Å². The number of allylic oxidation sites excluding steroid dienone is 1. The van der Waals surface area contributed by atoms with Crippen molar-refractivity contribution in [2.45, 2.75) is 110 Å². The van der Waals surface area contributed by atoms with Crippen molar-refractivity contribution >= 4 is 11.8 Å². The van der Waals surface area contributed by atoms with Crippen LogP contribution in [0.5, 0.6) is 5.75 Å². The number of ketones is 1. The molecule has 0 radical (unpaired) electrons. The summed E-state index contributed by atoms with van der Waals surface area (Å²) in [4.78, 5) is 24.0. The zero-order valence-electron chi connectivity index (χ0n) is 25.2. The average molecular weight is 551 g/mol. The highest BCUT2D eigenvalue weighted by Crippen LogP contribution is 2.69. The van der Waals surface area contributed by atoms with Crippen LogP contribution in [-0.2, 0) is 20.7 Å². The number of carbonyl (C=O) groups excluding carboxylic acids is 2. The van der Waals surface area contributed by atoms with E-state index in [4.69, 9.17) is 9.47 Å². The van der Waals surface area contributed by atoms with Gasteiger partial charge >= 0.3 is 5.97 Å². The number of hydrogen-bond acceptors (Lipinski definition) is 5. The smallest absolute Gasteiger partial charge is 0.305 e. The van der Waals surface area contributed by atoms with Gasteiger partial charge in [-0.05, 0) is 136 Å². The summed E-state index contributed by atoms with van der Waals surface area (Å²) in [5.41, 5.74) is 2.32. The number of carbonyl (C=O) groups is 2. The van der Waals surface area contributed by atoms with E-state index in [-0.39, 0.29) is 16.8 Å². The fraction of sp³-hybridized carbons (Fsp3) is 0.714. The molecule has 4 aliphatic carbocycles. The molecule has 1 N–H and O–H groups in total. The third kappa shape index (κ3) is 5.52. The quantitative estimate of drug-likeness (QED) is 0.246. The van der Waals surface area contributed by atoms with E-state index in [1.165, 1.54) is 24.0 Å². The van der Waals surface area contributed by atoms with Crippen LogP contribution in [0.25, 0.3) is 0 Å². The van der Waals surface area contributed by atoms with Crippen LogP contribution >= 0.6 is 0 Å². The molecular formula is C35H50O5. The zero-order valence-corrected chi connectivity index (χ0v) is 25.2. The largest absolute Gasteiger partial charge is 0.494 e. The molecule has 40 heavy (non-hydrogen) atoms. The first kappa shape index (κ1) is 29.4. The van der Waals surface area contributed by atoms with E-state index >= 15 is 0 Å². The molecule has 0 heterocycles. The van der Waals surface area contributed by atoms with Gasteiger partial charge in [-0.1, -0.05) is 31.6 Å². The van der Waals surface area contributed by atoms with Crippen molar-refractivity contribution in [3.05, 3.63) is 41.5 Å². The first-order valence-electron chi connectivity index (χ1n) is 15.9. The van der Waals surface area contributed by atoms with E-state index < -0.39 is 5.60 Å². The molecule has 0 aliphatic heterocycles. The molecule has 1 aromatic carbocycles. The molecule has 4 aliphatic rings. The van der Waals surface area contributed by atoms with E-state index in [1.54, 1.807) is 0 Å². The number of esters is 1. The molecular weight excluding hydrogens is 500 g/mol. The molecule has 1 aromatic rings. The van der Waals surface area contributed by atoms with Crippen LogP contribution in [0.15, 0.2) is 35.9 Å². The molecule has 220 valence electrons. The Bertz CT molecular complexity index is 1100. The van der Waals surface area contributed by atoms with E-state index in [1.807, 2.05) is 25.1 Å². The van der Waals surface area contributed by atoms with E-state index in [0.29, 0.717) is 61.9 Å². The van der Waals surface area contributed by atoms with Crippen LogP contribution in [0.1, 0.15) is 104 Å². The second kappa shape index (κ2) is 11.6. The maximum Gasteiger partial charge on any atom is 0.305 e. The molecule has 7 atom stereocenters. The Hall–Kier alpha value is -2.14. The predicted molar refractivity (Wildman–Crippen MR) is 157 cm³/mol. The van der Waals surface area contributed by atoms with Crippen molar-refractivity contribution in [3.8, 4) is 5.75 Å². The van der Waals surface area contributed by atoms with Gasteiger partial charge in [-0.25, -0.2) is 0 Å². The zero-order chi connectivity index (χ0) is 28.5. The number of aliphatic hydroxyl groups is 1. The molecule has 0 amide bonds. The highest BCUT2D eigenvalue weighted by Gasteiger charge is 2.64. The highest BCUT2D eigenvalue weighted by molar-refractivity contribution is 5.91. The van der Waals surface area contributed by atoms with E-state index in [9.17, 15) is 14.7 Å². The van der Waals surface area contributed by atoms with Gasteiger partial charge in [0.05, 0.1) is 18.8 Å². The highest BCUT2D eigenvalue weighted by atomic mass is 16.5. The summed E-state index contributed by atoms with van der Waals surface area (Å²) < 4.78 is 10.8. The van der Waals surface area contributed by atoms with Gasteiger partial charge in [0.1, 0.15) is 5.75 Å². The molecule has 0 spiro atoms. The maximum atomic E-state index is 12.5. The van der Waals surface area contributed by atoms with Crippen LogP contribution < -0.4 is 4.74 Å². The average Bonchev–Trinajstić information content (AvgIpc) is 3.17. The molecule has 0 aromatic heterocycles. The molecule has 5 nitrogen and oxygen atoms in total. The van der Waals surface area contributed by atoms with Crippen LogP contribution in [-0.4, -0.2) is 35.7 Å². The molecule has 0 saturated heterocycles. The Kier molecular flexibility index (Phi) is 8.53. The van der Waals surface area contributed by atoms with Crippen molar-refractivity contribution in [1.29, 1.82) is 0 Å². The fourth-order valence-electron chi connectivity index (χ4n) is 9.20. The Balaban J connectivity index is 1.22. The minimum Gasteiger partial charge on any atom is -0.494 e. The summed E-state index contributed by atoms with van der Waals surface area (Å²) in [5, 5.41) is 11.4. The first-order chi connectivity index (χ1) is 19.1. The Labute approximate surface area is 241 Å². The van der Waals surface area contributed by atoms with Crippen molar-refractivity contribution < 1.29 is 24.2 Å². The normalized spacial score (nSPS) is 36.7. The molecule has 3 saturated carbocycles. The van der Waals surface area contributed by atoms with Gasteiger partial charge < -0.3 is 14.6 Å². The van der Waals surface area contributed by atoms with Gasteiger partial charge in [0, 0.05) is 12.8 Å². The fourth-order valence-corrected chi connectivity index (χ4v) is 9.20. The van der Waals surface area contributed by atoms with Crippen molar-refractivity contribution in [1.82, 2.24) is 0 Å². The molecule has 5 heteroatoms. The Morgan fingerprint density at radius 1 is 1.02 bits per heavy atom. The van der Waals surface area contributed by atoms with Gasteiger partial charge in [-0.15, -0.1) is 0 Å². The number of fused-ring (bicyclic) bond motifs is 5. The summed E-state index contributed by atoms with van der Waals surface area (Å²) in [7, 11) is 0. The molecule has 2 unspecified atom stereocenters. The summed E-state index contributed by atoms with van der Waals surface area (Å²) >= 11 is 0. The van der Waals surface area contributed by atoms with Crippen molar-refractivity contribution in [3.63, 3.8) is 0 Å². The number of hydrogen-bond donors (Lipinski definition) is 1. The van der Waals surface area contributed by atoms with Gasteiger partial charge in [0.2, 0.25) is 0 Å². The van der Waals surface area contributed by atoms with E-state index in [0.717, 1.165) is 50.7 Å². The second-order valence-electron chi connectivity index (χ2n) is 13.9. The number of aryl methyl sites for hydroxylation is 1. The van der Waals surface area contributed by atoms with Crippen LogP contribution in [0, 0.1) is 34.5 Å². The van der Waals surface area contributed by atoms with Crippen LogP contribution in [0.3, 0.4) is 0 Å². The number of ether oxygens (including phenoxy) is 2. The summed E-state index contributed by atoms with van der Waals surface area (Å²) in [6, 6.07) is 8.39. The second-order valence-corrected chi connectivity index (χ2v) is 13.9. The number of rotatable bonds is 10. The Morgan fingerprint density at radius 2 is 1.77 bits per heavy atom.